The summed E-state index contributed by atoms with van der Waals surface area (Å²) in [6.07, 6.45) is 6.71. The molecule has 0 radical (unpaired) electrons. The molecule has 6 nitrogen and oxygen atoms in total. The molecule has 0 fully saturated rings. The maximum atomic E-state index is 13.1. The number of nitrogens with one attached hydrogen (secondary N) is 1. The Labute approximate surface area is 176 Å². The smallest absolute Gasteiger partial charge is 0.255 e. The number of nitrogens with zero attached hydrogens (tertiary/aromatic N) is 2. The molecule has 2 aromatic heterocycles. The minimum absolute atomic E-state index is 0.00115. The zero-order valence-electron chi connectivity index (χ0n) is 15.7. The number of aromatic amines is 1. The van der Waals surface area contributed by atoms with Gasteiger partial charge >= 0.3 is 0 Å². The van der Waals surface area contributed by atoms with Crippen molar-refractivity contribution < 1.29 is 14.3 Å². The number of hydrogen-bond donors (Lipinski definition) is 1. The molecule has 0 saturated carbocycles. The Morgan fingerprint density at radius 2 is 2.04 bits per heavy atom. The van der Waals surface area contributed by atoms with Gasteiger partial charge in [-0.2, -0.15) is 0 Å². The first-order valence-electron chi connectivity index (χ1n) is 8.94. The quantitative estimate of drug-likeness (QED) is 0.561. The highest BCUT2D eigenvalue weighted by Crippen LogP contribution is 2.33. The van der Waals surface area contributed by atoms with Gasteiger partial charge < -0.3 is 19.4 Å². The van der Waals surface area contributed by atoms with Gasteiger partial charge in [0.25, 0.3) is 5.91 Å². The van der Waals surface area contributed by atoms with Crippen LogP contribution in [0.1, 0.15) is 22.3 Å². The molecule has 7 heteroatoms. The van der Waals surface area contributed by atoms with Crippen LogP contribution in [0.4, 0.5) is 0 Å². The van der Waals surface area contributed by atoms with Crippen molar-refractivity contribution in [2.45, 2.75) is 6.42 Å². The second kappa shape index (κ2) is 7.83. The molecule has 0 unspecified atom stereocenters. The summed E-state index contributed by atoms with van der Waals surface area (Å²) in [5.41, 5.74) is 3.92. The predicted octanol–water partition coefficient (Wildman–Crippen LogP) is 4.11. The molecule has 28 heavy (non-hydrogen) atoms. The summed E-state index contributed by atoms with van der Waals surface area (Å²) in [7, 11) is 3.16. The number of carbonyl (C=O) groups is 1. The molecular formula is C21H20IN3O3. The lowest BCUT2D eigenvalue weighted by Crippen LogP contribution is -2.35. The monoisotopic (exact) mass is 489 g/mol. The number of carbonyl (C=O) groups excluding carboxylic acids is 1. The van der Waals surface area contributed by atoms with E-state index >= 15 is 0 Å². The van der Waals surface area contributed by atoms with Crippen LogP contribution in [0, 0.1) is 3.57 Å². The summed E-state index contributed by atoms with van der Waals surface area (Å²) in [5.74, 6) is 1.18. The standard InChI is InChI=1S/C21H20IN3O3/c1-27-18-10-15(17(22)11-19(18)28-2)21(26)25-8-5-13(6-9-25)16-12-24-20-14(16)4-3-7-23-20/h3-5,7,10-12H,6,8-9H2,1-2H3,(H,23,24). The lowest BCUT2D eigenvalue weighted by Gasteiger charge is -2.27. The van der Waals surface area contributed by atoms with Crippen molar-refractivity contribution in [3.8, 4) is 11.5 Å². The van der Waals surface area contributed by atoms with Crippen LogP contribution in [0.25, 0.3) is 16.6 Å². The highest BCUT2D eigenvalue weighted by atomic mass is 127. The Hall–Kier alpha value is -2.55. The van der Waals surface area contributed by atoms with Gasteiger partial charge in [-0.15, -0.1) is 0 Å². The van der Waals surface area contributed by atoms with Crippen LogP contribution in [0.3, 0.4) is 0 Å². The van der Waals surface area contributed by atoms with Crippen molar-refractivity contribution in [2.24, 2.45) is 0 Å². The fraction of sp³-hybridized carbons (Fsp3) is 0.238. The van der Waals surface area contributed by atoms with Gasteiger partial charge in [-0.1, -0.05) is 6.08 Å². The van der Waals surface area contributed by atoms with Gasteiger partial charge in [0, 0.05) is 40.0 Å². The van der Waals surface area contributed by atoms with Crippen molar-refractivity contribution in [2.75, 3.05) is 27.3 Å². The van der Waals surface area contributed by atoms with Crippen LogP contribution in [0.5, 0.6) is 11.5 Å². The highest BCUT2D eigenvalue weighted by molar-refractivity contribution is 14.1. The maximum Gasteiger partial charge on any atom is 0.255 e. The maximum absolute atomic E-state index is 13.1. The Morgan fingerprint density at radius 3 is 2.75 bits per heavy atom. The van der Waals surface area contributed by atoms with Gasteiger partial charge in [0.05, 0.1) is 19.8 Å². The van der Waals surface area contributed by atoms with E-state index in [0.29, 0.717) is 30.2 Å². The van der Waals surface area contributed by atoms with E-state index in [1.165, 1.54) is 5.57 Å². The fourth-order valence-corrected chi connectivity index (χ4v) is 4.18. The summed E-state index contributed by atoms with van der Waals surface area (Å²) in [4.78, 5) is 22.5. The predicted molar refractivity (Wildman–Crippen MR) is 117 cm³/mol. The second-order valence-corrected chi connectivity index (χ2v) is 7.68. The highest BCUT2D eigenvalue weighted by Gasteiger charge is 2.23. The van der Waals surface area contributed by atoms with E-state index in [-0.39, 0.29) is 5.91 Å². The number of rotatable bonds is 4. The molecule has 1 amide bonds. The van der Waals surface area contributed by atoms with Gasteiger partial charge in [0.15, 0.2) is 11.5 Å². The van der Waals surface area contributed by atoms with Crippen molar-refractivity contribution in [1.29, 1.82) is 0 Å². The van der Waals surface area contributed by atoms with E-state index in [0.717, 1.165) is 26.6 Å². The lowest BCUT2D eigenvalue weighted by molar-refractivity contribution is 0.0771. The van der Waals surface area contributed by atoms with Gasteiger partial charge in [0.1, 0.15) is 5.65 Å². The Kier molecular flexibility index (Phi) is 5.25. The van der Waals surface area contributed by atoms with E-state index < -0.39 is 0 Å². The molecule has 144 valence electrons. The number of pyridine rings is 1. The van der Waals surface area contributed by atoms with Crippen LogP contribution < -0.4 is 9.47 Å². The summed E-state index contributed by atoms with van der Waals surface area (Å²) in [6, 6.07) is 7.60. The number of halogens is 1. The molecule has 0 aliphatic carbocycles. The minimum Gasteiger partial charge on any atom is -0.493 e. The van der Waals surface area contributed by atoms with Crippen molar-refractivity contribution in [1.82, 2.24) is 14.9 Å². The number of amides is 1. The molecule has 1 N–H and O–H groups in total. The topological polar surface area (TPSA) is 67.5 Å². The molecule has 0 spiro atoms. The molecular weight excluding hydrogens is 469 g/mol. The van der Waals surface area contributed by atoms with Gasteiger partial charge in [-0.3, -0.25) is 4.79 Å². The van der Waals surface area contributed by atoms with Crippen LogP contribution in [0.15, 0.2) is 42.7 Å². The first-order valence-corrected chi connectivity index (χ1v) is 10.0. The normalized spacial score (nSPS) is 14.1. The molecule has 1 aliphatic heterocycles. The Morgan fingerprint density at radius 1 is 1.25 bits per heavy atom. The number of ether oxygens (including phenoxy) is 2. The van der Waals surface area contributed by atoms with Gasteiger partial charge in [0.2, 0.25) is 0 Å². The van der Waals surface area contributed by atoms with Crippen molar-refractivity contribution >= 4 is 45.1 Å². The first-order chi connectivity index (χ1) is 13.6. The molecule has 0 bridgehead atoms. The van der Waals surface area contributed by atoms with Gasteiger partial charge in [-0.25, -0.2) is 4.98 Å². The molecule has 1 aliphatic rings. The number of fused-ring (bicyclic) bond motifs is 1. The second-order valence-electron chi connectivity index (χ2n) is 6.52. The average Bonchev–Trinajstić information content (AvgIpc) is 3.17. The van der Waals surface area contributed by atoms with E-state index in [1.54, 1.807) is 26.5 Å². The molecule has 0 atom stereocenters. The van der Waals surface area contributed by atoms with E-state index in [9.17, 15) is 4.79 Å². The molecule has 0 saturated heterocycles. The van der Waals surface area contributed by atoms with E-state index in [2.05, 4.69) is 44.7 Å². The summed E-state index contributed by atoms with van der Waals surface area (Å²) in [5, 5.41) is 1.11. The summed E-state index contributed by atoms with van der Waals surface area (Å²) < 4.78 is 11.5. The number of methoxy groups -OCH3 is 2. The fourth-order valence-electron chi connectivity index (χ4n) is 3.51. The third-order valence-electron chi connectivity index (χ3n) is 5.00. The van der Waals surface area contributed by atoms with Gasteiger partial charge in [-0.05, 0) is 58.9 Å². The van der Waals surface area contributed by atoms with Crippen LogP contribution in [-0.2, 0) is 0 Å². The Bertz CT molecular complexity index is 1070. The largest absolute Gasteiger partial charge is 0.493 e. The molecule has 1 aromatic carbocycles. The minimum atomic E-state index is 0.00115. The number of hydrogen-bond acceptors (Lipinski definition) is 4. The zero-order valence-corrected chi connectivity index (χ0v) is 17.8. The number of H-pyrrole nitrogens is 1. The third kappa shape index (κ3) is 3.34. The summed E-state index contributed by atoms with van der Waals surface area (Å²) in [6.45, 7) is 1.24. The number of aromatic nitrogens is 2. The first kappa shape index (κ1) is 18.8. The molecule has 4 rings (SSSR count). The zero-order chi connectivity index (χ0) is 19.7. The molecule has 3 heterocycles. The van der Waals surface area contributed by atoms with E-state index in [4.69, 9.17) is 9.47 Å². The SMILES string of the molecule is COc1cc(I)c(C(=O)N2CC=C(c3c[nH]c4ncccc34)CC2)cc1OC. The number of benzene rings is 1. The van der Waals surface area contributed by atoms with Crippen LogP contribution in [-0.4, -0.2) is 48.1 Å². The van der Waals surface area contributed by atoms with Crippen LogP contribution in [0.2, 0.25) is 0 Å². The van der Waals surface area contributed by atoms with Crippen molar-refractivity contribution in [3.05, 3.63) is 57.4 Å². The van der Waals surface area contributed by atoms with Crippen LogP contribution >= 0.6 is 22.6 Å². The Balaban J connectivity index is 1.57. The third-order valence-corrected chi connectivity index (χ3v) is 5.89. The lowest BCUT2D eigenvalue weighted by atomic mass is 9.99. The molecule has 3 aromatic rings. The van der Waals surface area contributed by atoms with Crippen molar-refractivity contribution in [3.63, 3.8) is 0 Å². The van der Waals surface area contributed by atoms with E-state index in [1.807, 2.05) is 23.2 Å². The average molecular weight is 489 g/mol. The summed E-state index contributed by atoms with van der Waals surface area (Å²) >= 11 is 2.17.